The summed E-state index contributed by atoms with van der Waals surface area (Å²) < 4.78 is 12.6. The maximum Gasteiger partial charge on any atom is 2.00 e. The summed E-state index contributed by atoms with van der Waals surface area (Å²) in [4.78, 5) is 97.5. The Kier molecular flexibility index (Phi) is 19.2. The van der Waals surface area contributed by atoms with Gasteiger partial charge in [-0.1, -0.05) is 65.2 Å². The Labute approximate surface area is 434 Å². The first-order valence-electron chi connectivity index (χ1n) is 25.6. The molecule has 0 spiro atoms. The number of aryl methyl sites for hydroxylation is 1. The monoisotopic (exact) mass is 1180 g/mol. The van der Waals surface area contributed by atoms with Crippen LogP contribution in [0.4, 0.5) is 4.79 Å². The number of carbonyl (C=O) groups excluding carboxylic acids is 6. The average molecular weight is 1180 g/mol. The van der Waals surface area contributed by atoms with Gasteiger partial charge in [-0.05, 0) is 81.2 Å². The number of aliphatic hydroxyl groups is 1. The van der Waals surface area contributed by atoms with E-state index in [0.717, 1.165) is 74.3 Å². The summed E-state index contributed by atoms with van der Waals surface area (Å²) in [5.41, 5.74) is 11.1. The molecule has 394 valence electrons. The van der Waals surface area contributed by atoms with Crippen LogP contribution in [0, 0.1) is 5.41 Å². The van der Waals surface area contributed by atoms with Crippen molar-refractivity contribution < 1.29 is 74.6 Å². The Hall–Kier alpha value is -5.23. The van der Waals surface area contributed by atoms with Gasteiger partial charge in [-0.15, -0.1) is 0 Å². The molecule has 5 N–H and O–H groups in total. The van der Waals surface area contributed by atoms with Gasteiger partial charge in [-0.2, -0.15) is 0 Å². The van der Waals surface area contributed by atoms with Crippen molar-refractivity contribution in [3.05, 3.63) is 56.9 Å². The molecule has 2 saturated heterocycles. The number of aliphatic carboxylic acids is 2. The van der Waals surface area contributed by atoms with E-state index in [0.29, 0.717) is 74.5 Å². The van der Waals surface area contributed by atoms with Gasteiger partial charge in [0.25, 0.3) is 5.56 Å². The minimum absolute atomic E-state index is 0. The summed E-state index contributed by atoms with van der Waals surface area (Å²) in [5.74, 6) is -3.77. The molecule has 2 aromatic heterocycles. The van der Waals surface area contributed by atoms with Crippen LogP contribution in [-0.2, 0) is 74.9 Å². The van der Waals surface area contributed by atoms with E-state index in [1.165, 1.54) is 17.7 Å². The number of cyclic esters (lactones) is 1. The number of carboxylic acids is 2. The molecule has 1 aromatic carbocycles. The molecule has 1 saturated carbocycles. The maximum absolute atomic E-state index is 13.7. The smallest absolute Gasteiger partial charge is 0.549 e. The van der Waals surface area contributed by atoms with Crippen LogP contribution in [0.15, 0.2) is 29.1 Å². The molecule has 3 atom stereocenters. The number of likely N-dealkylation sites (tertiary alicyclic amines) is 1. The second-order valence-corrected chi connectivity index (χ2v) is 19.8. The zero-order valence-corrected chi connectivity index (χ0v) is 43.8. The van der Waals surface area contributed by atoms with Gasteiger partial charge in [0.2, 0.25) is 11.8 Å². The molecule has 0 bridgehead atoms. The summed E-state index contributed by atoms with van der Waals surface area (Å²) in [6.07, 6.45) is 12.7. The fraction of sp³-hybridized carbons (Fsp3) is 0.615. The molecule has 0 unspecified atom stereocenters. The Bertz CT molecular complexity index is 2530. The van der Waals surface area contributed by atoms with Crippen LogP contribution in [0.1, 0.15) is 145 Å². The first kappa shape index (κ1) is 56.1. The number of benzene rings is 1. The molecule has 72 heavy (non-hydrogen) atoms. The number of rotatable bonds is 16. The van der Waals surface area contributed by atoms with Crippen molar-refractivity contribution in [1.29, 1.82) is 0 Å². The minimum atomic E-state index is -2.03. The van der Waals surface area contributed by atoms with Crippen LogP contribution in [0.3, 0.4) is 0 Å². The number of aromatic nitrogens is 2. The van der Waals surface area contributed by atoms with E-state index in [2.05, 4.69) is 0 Å². The molecule has 3 aromatic rings. The minimum Gasteiger partial charge on any atom is -0.549 e. The van der Waals surface area contributed by atoms with E-state index in [9.17, 15) is 48.9 Å². The van der Waals surface area contributed by atoms with E-state index >= 15 is 0 Å². The third-order valence-corrected chi connectivity index (χ3v) is 15.4. The van der Waals surface area contributed by atoms with Crippen LogP contribution in [0.25, 0.3) is 22.3 Å². The molecule has 6 heterocycles. The number of piperazine rings is 1. The number of amides is 3. The van der Waals surface area contributed by atoms with Crippen molar-refractivity contribution in [2.45, 2.75) is 160 Å². The quantitative estimate of drug-likeness (QED) is 0.0826. The number of pyridine rings is 2. The molecule has 1 aliphatic carbocycles. The molecule has 20 heteroatoms. The third-order valence-electron chi connectivity index (χ3n) is 15.4. The van der Waals surface area contributed by atoms with E-state index in [4.69, 9.17) is 25.9 Å². The number of esters is 1. The average Bonchev–Trinajstić information content (AvgIpc) is 3.74. The number of unbranched alkanes of at least 4 members (excludes halogenated alkanes) is 7. The van der Waals surface area contributed by atoms with Gasteiger partial charge in [0.1, 0.15) is 12.4 Å². The SMILES string of the molecule is CCc1c2c(nc3ccc(OC(=O)N4CCN(C(=O)CCCCCCCCCCC(=O)N5CCC(C(=O)[O-])(C(=O)[O-])CC5)CC4)cc13)-c1cc3c(c(=O)n1C2)COC(=O)[C@]3(O)CC.N[C@@H]1CCCC[C@H]1N.[Pt+2]. The molecule has 4 aliphatic heterocycles. The number of hydrogen-bond donors (Lipinski definition) is 3. The van der Waals surface area contributed by atoms with Crippen molar-refractivity contribution in [2.24, 2.45) is 16.9 Å². The molecule has 3 fully saturated rings. The van der Waals surface area contributed by atoms with Crippen molar-refractivity contribution in [3.63, 3.8) is 0 Å². The molecule has 8 rings (SSSR count). The predicted molar refractivity (Wildman–Crippen MR) is 257 cm³/mol. The van der Waals surface area contributed by atoms with Crippen LogP contribution >= 0.6 is 0 Å². The molecule has 5 aliphatic rings. The Balaban J connectivity index is 0.000000857. The largest absolute Gasteiger partial charge is 2.00 e. The van der Waals surface area contributed by atoms with E-state index < -0.39 is 35.0 Å². The van der Waals surface area contributed by atoms with Crippen LogP contribution in [0.2, 0.25) is 0 Å². The standard InChI is InChI=1S/C46H57N5O12.C6H14N2.Pt/c1-3-30-31-25-29(15-16-35(31)47-39-32(30)27-51-36(39)26-34-33(40(51)54)28-62-43(59)46(34,61)4-2)63-44(60)50-23-21-49(22-24-50)38(53)14-12-10-8-6-5-7-9-11-13-37(52)48-19-17-45(18-20-48,41(55)56)42(57)58;7-5-3-1-2-4-6(5)8;/h15-16,25-26,61H,3-14,17-24,27-28H2,1-2H3,(H,55,56)(H,57,58);5-6H,1-4,7-8H2;/q;;+2/p-2/t46-;5-,6-;/m01./s1. The van der Waals surface area contributed by atoms with Gasteiger partial charge in [-0.3, -0.25) is 14.4 Å². The van der Waals surface area contributed by atoms with Gasteiger partial charge in [0.15, 0.2) is 5.60 Å². The number of carboxylic acid groups (broad SMARTS) is 2. The number of ether oxygens (including phenoxy) is 2. The van der Waals surface area contributed by atoms with Crippen molar-refractivity contribution >= 4 is 46.7 Å². The second kappa shape index (κ2) is 24.7. The topological polar surface area (TPSA) is 284 Å². The first-order chi connectivity index (χ1) is 34.0. The van der Waals surface area contributed by atoms with Crippen molar-refractivity contribution in [2.75, 3.05) is 39.3 Å². The fourth-order valence-electron chi connectivity index (χ4n) is 10.7. The summed E-state index contributed by atoms with van der Waals surface area (Å²) in [7, 11) is 0. The summed E-state index contributed by atoms with van der Waals surface area (Å²) >= 11 is 0. The van der Waals surface area contributed by atoms with Crippen molar-refractivity contribution in [1.82, 2.24) is 24.3 Å². The number of fused-ring (bicyclic) bond motifs is 5. The zero-order chi connectivity index (χ0) is 51.0. The maximum atomic E-state index is 13.7. The molecular weight excluding hydrogens is 1110 g/mol. The number of carbonyl (C=O) groups is 6. The van der Waals surface area contributed by atoms with Gasteiger partial charge < -0.3 is 65.1 Å². The van der Waals surface area contributed by atoms with Crippen molar-refractivity contribution in [3.8, 4) is 17.1 Å². The van der Waals surface area contributed by atoms with Gasteiger partial charge >= 0.3 is 33.1 Å². The van der Waals surface area contributed by atoms with Gasteiger partial charge in [-0.25, -0.2) is 14.6 Å². The predicted octanol–water partition coefficient (Wildman–Crippen LogP) is 2.51. The Morgan fingerprint density at radius 1 is 0.778 bits per heavy atom. The summed E-state index contributed by atoms with van der Waals surface area (Å²) in [6.45, 7) is 5.39. The van der Waals surface area contributed by atoms with Gasteiger partial charge in [0.05, 0.1) is 46.4 Å². The summed E-state index contributed by atoms with van der Waals surface area (Å²) in [5, 5.41) is 34.7. The van der Waals surface area contributed by atoms with Crippen LogP contribution < -0.4 is 32.0 Å². The molecule has 0 radical (unpaired) electrons. The number of piperidine rings is 1. The van der Waals surface area contributed by atoms with Crippen LogP contribution in [0.5, 0.6) is 5.75 Å². The molecule has 3 amide bonds. The number of nitrogens with two attached hydrogens (primary N) is 2. The van der Waals surface area contributed by atoms with Crippen LogP contribution in [-0.4, -0.2) is 117 Å². The molecule has 19 nitrogen and oxygen atoms in total. The summed E-state index contributed by atoms with van der Waals surface area (Å²) in [6, 6.07) is 7.50. The fourth-order valence-corrected chi connectivity index (χ4v) is 10.7. The third kappa shape index (κ3) is 12.1. The number of nitrogens with zero attached hydrogens (tertiary/aromatic N) is 5. The molecular formula is C52H69N7O12Pt. The Morgan fingerprint density at radius 2 is 1.32 bits per heavy atom. The first-order valence-corrected chi connectivity index (χ1v) is 25.6. The van der Waals surface area contributed by atoms with E-state index in [-0.39, 0.29) is 107 Å². The Morgan fingerprint density at radius 3 is 1.85 bits per heavy atom. The normalized spacial score (nSPS) is 21.0. The van der Waals surface area contributed by atoms with E-state index in [1.807, 2.05) is 6.92 Å². The number of hydrogen-bond acceptors (Lipinski definition) is 15. The zero-order valence-electron chi connectivity index (χ0n) is 41.5. The second-order valence-electron chi connectivity index (χ2n) is 19.8. The van der Waals surface area contributed by atoms with E-state index in [1.54, 1.807) is 45.6 Å². The van der Waals surface area contributed by atoms with Gasteiger partial charge in [0, 0.05) is 80.7 Å².